The maximum absolute atomic E-state index is 12.2. The smallest absolute Gasteiger partial charge is 0.325 e. The first-order valence-corrected chi connectivity index (χ1v) is 6.25. The molecule has 104 valence electrons. The fourth-order valence-electron chi connectivity index (χ4n) is 1.78. The number of benzene rings is 1. The largest absolute Gasteiger partial charge is 0.480 e. The summed E-state index contributed by atoms with van der Waals surface area (Å²) in [5.41, 5.74) is 0.849. The highest BCUT2D eigenvalue weighted by molar-refractivity contribution is 5.87. The second-order valence-electron chi connectivity index (χ2n) is 4.45. The molecule has 1 amide bonds. The van der Waals surface area contributed by atoms with E-state index >= 15 is 0 Å². The minimum Gasteiger partial charge on any atom is -0.480 e. The number of carboxylic acid groups (broad SMARTS) is 1. The van der Waals surface area contributed by atoms with E-state index in [4.69, 9.17) is 5.11 Å². The highest BCUT2D eigenvalue weighted by Crippen LogP contribution is 2.19. The van der Waals surface area contributed by atoms with Gasteiger partial charge in [0.2, 0.25) is 5.91 Å². The number of hydrogen-bond acceptors (Lipinski definition) is 3. The molecule has 0 radical (unpaired) electrons. The number of aliphatic carboxylic acids is 1. The number of nitrogens with zero attached hydrogens (tertiary/aromatic N) is 1. The number of rotatable bonds is 6. The molecule has 19 heavy (non-hydrogen) atoms. The second kappa shape index (κ2) is 6.89. The molecule has 2 atom stereocenters. The standard InChI is InChI=1S/C14H20N2O3/c1-4-16(3)12(11-8-6-5-7-9-11)13(17)15-10(2)14(18)19/h5-10,12H,4H2,1-3H3,(H,15,17)(H,18,19)/t10-,12?/m1/s1. The highest BCUT2D eigenvalue weighted by atomic mass is 16.4. The molecule has 0 spiro atoms. The van der Waals surface area contributed by atoms with Gasteiger partial charge in [-0.1, -0.05) is 37.3 Å². The van der Waals surface area contributed by atoms with E-state index in [1.54, 1.807) is 0 Å². The Balaban J connectivity index is 2.92. The number of carbonyl (C=O) groups is 2. The number of carboxylic acids is 1. The fraction of sp³-hybridized carbons (Fsp3) is 0.429. The molecular weight excluding hydrogens is 244 g/mol. The Bertz CT molecular complexity index is 434. The Kier molecular flexibility index (Phi) is 5.51. The molecule has 0 saturated heterocycles. The van der Waals surface area contributed by atoms with Gasteiger partial charge in [0, 0.05) is 0 Å². The second-order valence-corrected chi connectivity index (χ2v) is 4.45. The first kappa shape index (κ1) is 15.2. The molecular formula is C14H20N2O3. The zero-order valence-corrected chi connectivity index (χ0v) is 11.5. The molecule has 0 bridgehead atoms. The van der Waals surface area contributed by atoms with Crippen LogP contribution < -0.4 is 5.32 Å². The van der Waals surface area contributed by atoms with E-state index in [9.17, 15) is 9.59 Å². The molecule has 0 aromatic heterocycles. The Hall–Kier alpha value is -1.88. The van der Waals surface area contributed by atoms with Gasteiger partial charge in [0.15, 0.2) is 0 Å². The van der Waals surface area contributed by atoms with Crippen molar-refractivity contribution in [2.24, 2.45) is 0 Å². The van der Waals surface area contributed by atoms with Gasteiger partial charge in [-0.25, -0.2) is 0 Å². The van der Waals surface area contributed by atoms with Crippen LogP contribution in [-0.2, 0) is 9.59 Å². The summed E-state index contributed by atoms with van der Waals surface area (Å²) in [6.07, 6.45) is 0. The summed E-state index contributed by atoms with van der Waals surface area (Å²) < 4.78 is 0. The van der Waals surface area contributed by atoms with Crippen molar-refractivity contribution in [1.29, 1.82) is 0 Å². The van der Waals surface area contributed by atoms with Crippen LogP contribution in [0.4, 0.5) is 0 Å². The SMILES string of the molecule is CCN(C)C(C(=O)N[C@H](C)C(=O)O)c1ccccc1. The summed E-state index contributed by atoms with van der Waals surface area (Å²) in [6.45, 7) is 4.09. The lowest BCUT2D eigenvalue weighted by Gasteiger charge is -2.27. The lowest BCUT2D eigenvalue weighted by atomic mass is 10.0. The van der Waals surface area contributed by atoms with E-state index < -0.39 is 18.1 Å². The van der Waals surface area contributed by atoms with Crippen LogP contribution in [0.2, 0.25) is 0 Å². The summed E-state index contributed by atoms with van der Waals surface area (Å²) in [6, 6.07) is 7.95. The van der Waals surface area contributed by atoms with Crippen LogP contribution in [0.3, 0.4) is 0 Å². The van der Waals surface area contributed by atoms with Gasteiger partial charge in [-0.2, -0.15) is 0 Å². The van der Waals surface area contributed by atoms with Crippen molar-refractivity contribution in [3.05, 3.63) is 35.9 Å². The molecule has 0 aliphatic heterocycles. The van der Waals surface area contributed by atoms with E-state index in [1.807, 2.05) is 49.2 Å². The van der Waals surface area contributed by atoms with Crippen LogP contribution in [-0.4, -0.2) is 41.5 Å². The summed E-state index contributed by atoms with van der Waals surface area (Å²) in [5, 5.41) is 11.4. The molecule has 1 unspecified atom stereocenters. The van der Waals surface area contributed by atoms with Crippen molar-refractivity contribution >= 4 is 11.9 Å². The highest BCUT2D eigenvalue weighted by Gasteiger charge is 2.26. The van der Waals surface area contributed by atoms with Gasteiger partial charge in [0.1, 0.15) is 12.1 Å². The zero-order chi connectivity index (χ0) is 14.4. The van der Waals surface area contributed by atoms with Crippen LogP contribution in [0.15, 0.2) is 30.3 Å². The number of amides is 1. The molecule has 5 nitrogen and oxygen atoms in total. The molecule has 0 heterocycles. The minimum absolute atomic E-state index is 0.301. The first-order valence-electron chi connectivity index (χ1n) is 6.25. The van der Waals surface area contributed by atoms with E-state index in [0.29, 0.717) is 6.54 Å². The van der Waals surface area contributed by atoms with Crippen molar-refractivity contribution in [2.75, 3.05) is 13.6 Å². The van der Waals surface area contributed by atoms with Gasteiger partial charge in [-0.05, 0) is 26.1 Å². The molecule has 0 aliphatic carbocycles. The predicted molar refractivity (Wildman–Crippen MR) is 72.7 cm³/mol. The normalized spacial score (nSPS) is 13.9. The molecule has 2 N–H and O–H groups in total. The van der Waals surface area contributed by atoms with Gasteiger partial charge in [-0.3, -0.25) is 14.5 Å². The van der Waals surface area contributed by atoms with Crippen LogP contribution in [0, 0.1) is 0 Å². The summed E-state index contributed by atoms with van der Waals surface area (Å²) >= 11 is 0. The number of hydrogen-bond donors (Lipinski definition) is 2. The quantitative estimate of drug-likeness (QED) is 0.811. The van der Waals surface area contributed by atoms with Gasteiger partial charge in [0.05, 0.1) is 0 Å². The molecule has 1 rings (SSSR count). The first-order chi connectivity index (χ1) is 8.97. The van der Waals surface area contributed by atoms with Crippen molar-refractivity contribution in [3.8, 4) is 0 Å². The van der Waals surface area contributed by atoms with E-state index in [1.165, 1.54) is 6.92 Å². The zero-order valence-electron chi connectivity index (χ0n) is 11.5. The summed E-state index contributed by atoms with van der Waals surface area (Å²) in [7, 11) is 1.84. The third-order valence-electron chi connectivity index (χ3n) is 3.03. The predicted octanol–water partition coefficient (Wildman–Crippen LogP) is 1.27. The van der Waals surface area contributed by atoms with Gasteiger partial charge >= 0.3 is 5.97 Å². The van der Waals surface area contributed by atoms with Crippen LogP contribution in [0.25, 0.3) is 0 Å². The van der Waals surface area contributed by atoms with Crippen LogP contribution in [0.5, 0.6) is 0 Å². The topological polar surface area (TPSA) is 69.6 Å². The van der Waals surface area contributed by atoms with Gasteiger partial charge in [0.25, 0.3) is 0 Å². The average molecular weight is 264 g/mol. The maximum atomic E-state index is 12.2. The third kappa shape index (κ3) is 4.06. The van der Waals surface area contributed by atoms with Gasteiger partial charge in [-0.15, -0.1) is 0 Å². The Morgan fingerprint density at radius 2 is 1.89 bits per heavy atom. The Morgan fingerprint density at radius 1 is 1.32 bits per heavy atom. The minimum atomic E-state index is -1.04. The Labute approximate surface area is 113 Å². The summed E-state index contributed by atoms with van der Waals surface area (Å²) in [5.74, 6) is -1.34. The number of likely N-dealkylation sites (N-methyl/N-ethyl adjacent to an activating group) is 1. The monoisotopic (exact) mass is 264 g/mol. The lowest BCUT2D eigenvalue weighted by Crippen LogP contribution is -2.45. The Morgan fingerprint density at radius 3 is 2.37 bits per heavy atom. The van der Waals surface area contributed by atoms with E-state index in [2.05, 4.69) is 5.32 Å². The van der Waals surface area contributed by atoms with Crippen LogP contribution in [0.1, 0.15) is 25.5 Å². The molecule has 0 aliphatic rings. The molecule has 5 heteroatoms. The van der Waals surface area contributed by atoms with Crippen molar-refractivity contribution in [2.45, 2.75) is 25.9 Å². The molecule has 1 aromatic carbocycles. The van der Waals surface area contributed by atoms with Crippen molar-refractivity contribution < 1.29 is 14.7 Å². The third-order valence-corrected chi connectivity index (χ3v) is 3.03. The lowest BCUT2D eigenvalue weighted by molar-refractivity contribution is -0.142. The molecule has 0 saturated carbocycles. The van der Waals surface area contributed by atoms with Crippen molar-refractivity contribution in [3.63, 3.8) is 0 Å². The molecule has 0 fully saturated rings. The summed E-state index contributed by atoms with van der Waals surface area (Å²) in [4.78, 5) is 24.9. The van der Waals surface area contributed by atoms with Crippen LogP contribution >= 0.6 is 0 Å². The van der Waals surface area contributed by atoms with E-state index in [0.717, 1.165) is 5.56 Å². The van der Waals surface area contributed by atoms with Gasteiger partial charge < -0.3 is 10.4 Å². The maximum Gasteiger partial charge on any atom is 0.325 e. The average Bonchev–Trinajstić information content (AvgIpc) is 2.39. The van der Waals surface area contributed by atoms with Crippen molar-refractivity contribution in [1.82, 2.24) is 10.2 Å². The van der Waals surface area contributed by atoms with E-state index in [-0.39, 0.29) is 5.91 Å². The number of carbonyl (C=O) groups excluding carboxylic acids is 1. The fourth-order valence-corrected chi connectivity index (χ4v) is 1.78. The number of nitrogens with one attached hydrogen (secondary N) is 1. The molecule has 1 aromatic rings.